The zero-order valence-electron chi connectivity index (χ0n) is 11.6. The van der Waals surface area contributed by atoms with Gasteiger partial charge < -0.3 is 5.73 Å². The molecule has 0 saturated heterocycles. The Morgan fingerprint density at radius 2 is 1.47 bits per heavy atom. The monoisotopic (exact) mass is 213 g/mol. The van der Waals surface area contributed by atoms with Crippen LogP contribution in [0.15, 0.2) is 0 Å². The van der Waals surface area contributed by atoms with Crippen LogP contribution in [0.1, 0.15) is 67.2 Å². The predicted molar refractivity (Wildman–Crippen MR) is 69.9 cm³/mol. The summed E-state index contributed by atoms with van der Waals surface area (Å²) in [4.78, 5) is 0. The lowest BCUT2D eigenvalue weighted by molar-refractivity contribution is 0.276. The molecule has 1 nitrogen and oxygen atoms in total. The van der Waals surface area contributed by atoms with Gasteiger partial charge in [-0.2, -0.15) is 0 Å². The highest BCUT2D eigenvalue weighted by molar-refractivity contribution is 4.72. The van der Waals surface area contributed by atoms with Crippen molar-refractivity contribution in [2.45, 2.75) is 73.3 Å². The highest BCUT2D eigenvalue weighted by Crippen LogP contribution is 2.27. The van der Waals surface area contributed by atoms with Crippen LogP contribution in [0.5, 0.6) is 0 Å². The van der Waals surface area contributed by atoms with Crippen LogP contribution in [0, 0.1) is 17.3 Å². The molecule has 0 rings (SSSR count). The molecule has 0 amide bonds. The average Bonchev–Trinajstić information content (AvgIpc) is 1.99. The molecule has 0 saturated carbocycles. The van der Waals surface area contributed by atoms with E-state index in [1.54, 1.807) is 0 Å². The van der Waals surface area contributed by atoms with Crippen LogP contribution < -0.4 is 5.73 Å². The van der Waals surface area contributed by atoms with Gasteiger partial charge in [-0.25, -0.2) is 0 Å². The van der Waals surface area contributed by atoms with Crippen molar-refractivity contribution >= 4 is 0 Å². The molecule has 1 heteroatoms. The van der Waals surface area contributed by atoms with Gasteiger partial charge in [-0.05, 0) is 36.5 Å². The maximum absolute atomic E-state index is 6.17. The van der Waals surface area contributed by atoms with E-state index in [0.29, 0.717) is 11.5 Å². The first-order chi connectivity index (χ1) is 6.74. The van der Waals surface area contributed by atoms with E-state index in [9.17, 15) is 0 Å². The van der Waals surface area contributed by atoms with Gasteiger partial charge in [-0.1, -0.05) is 48.0 Å². The van der Waals surface area contributed by atoms with E-state index < -0.39 is 0 Å². The Hall–Kier alpha value is -0.0400. The molecule has 0 aromatic rings. The molecule has 15 heavy (non-hydrogen) atoms. The first kappa shape index (κ1) is 15.0. The molecule has 3 unspecified atom stereocenters. The fourth-order valence-electron chi connectivity index (χ4n) is 2.43. The summed E-state index contributed by atoms with van der Waals surface area (Å²) in [5, 5.41) is 0. The van der Waals surface area contributed by atoms with Crippen LogP contribution in [0.3, 0.4) is 0 Å². The molecule has 0 bridgehead atoms. The zero-order chi connectivity index (χ0) is 12.1. The second-order valence-electron chi connectivity index (χ2n) is 6.61. The van der Waals surface area contributed by atoms with Crippen LogP contribution in [0.2, 0.25) is 0 Å². The predicted octanol–water partition coefficient (Wildman–Crippen LogP) is 4.21. The van der Waals surface area contributed by atoms with Gasteiger partial charge in [0.25, 0.3) is 0 Å². The average molecular weight is 213 g/mol. The molecular weight excluding hydrogens is 182 g/mol. The fourth-order valence-corrected chi connectivity index (χ4v) is 2.43. The SMILES string of the molecule is CCC(C)CC(N)CC(C)CC(C)(C)C. The summed E-state index contributed by atoms with van der Waals surface area (Å²) in [5.74, 6) is 1.53. The van der Waals surface area contributed by atoms with Crippen LogP contribution in [-0.4, -0.2) is 6.04 Å². The smallest absolute Gasteiger partial charge is 0.00439 e. The second kappa shape index (κ2) is 6.52. The Bertz CT molecular complexity index is 157. The first-order valence-electron chi connectivity index (χ1n) is 6.50. The summed E-state index contributed by atoms with van der Waals surface area (Å²) in [6.07, 6.45) is 4.90. The van der Waals surface area contributed by atoms with Crippen LogP contribution in [0.4, 0.5) is 0 Å². The lowest BCUT2D eigenvalue weighted by Crippen LogP contribution is -2.26. The molecule has 92 valence electrons. The Morgan fingerprint density at radius 3 is 1.87 bits per heavy atom. The van der Waals surface area contributed by atoms with Gasteiger partial charge in [-0.15, -0.1) is 0 Å². The normalized spacial score (nSPS) is 18.6. The second-order valence-corrected chi connectivity index (χ2v) is 6.61. The minimum absolute atomic E-state index is 0.400. The number of nitrogens with two attached hydrogens (primary N) is 1. The van der Waals surface area contributed by atoms with Crippen LogP contribution in [-0.2, 0) is 0 Å². The minimum atomic E-state index is 0.400. The molecule has 0 spiro atoms. The summed E-state index contributed by atoms with van der Waals surface area (Å²) in [7, 11) is 0. The van der Waals surface area contributed by atoms with Crippen molar-refractivity contribution in [3.63, 3.8) is 0 Å². The highest BCUT2D eigenvalue weighted by Gasteiger charge is 2.18. The van der Waals surface area contributed by atoms with Crippen LogP contribution in [0.25, 0.3) is 0 Å². The molecule has 0 aromatic carbocycles. The summed E-state index contributed by atoms with van der Waals surface area (Å²) in [6.45, 7) is 13.8. The molecule has 0 aromatic heterocycles. The van der Waals surface area contributed by atoms with Crippen molar-refractivity contribution in [3.8, 4) is 0 Å². The fraction of sp³-hybridized carbons (Fsp3) is 1.00. The van der Waals surface area contributed by atoms with Gasteiger partial charge in [-0.3, -0.25) is 0 Å². The molecule has 3 atom stereocenters. The van der Waals surface area contributed by atoms with E-state index in [1.807, 2.05) is 0 Å². The molecular formula is C14H31N. The highest BCUT2D eigenvalue weighted by atomic mass is 14.6. The summed E-state index contributed by atoms with van der Waals surface area (Å²) in [6, 6.07) is 0.400. The van der Waals surface area contributed by atoms with Crippen molar-refractivity contribution in [2.75, 3.05) is 0 Å². The lowest BCUT2D eigenvalue weighted by atomic mass is 9.82. The summed E-state index contributed by atoms with van der Waals surface area (Å²) < 4.78 is 0. The maximum Gasteiger partial charge on any atom is 0.00439 e. The van der Waals surface area contributed by atoms with Gasteiger partial charge in [0, 0.05) is 6.04 Å². The van der Waals surface area contributed by atoms with Crippen LogP contribution >= 0.6 is 0 Å². The molecule has 0 aliphatic heterocycles. The Morgan fingerprint density at radius 1 is 1.00 bits per heavy atom. The molecule has 2 N–H and O–H groups in total. The van der Waals surface area contributed by atoms with Gasteiger partial charge in [0.15, 0.2) is 0 Å². The molecule has 0 fully saturated rings. The van der Waals surface area contributed by atoms with E-state index in [1.165, 1.54) is 25.7 Å². The Kier molecular flexibility index (Phi) is 6.51. The van der Waals surface area contributed by atoms with Gasteiger partial charge in [0.2, 0.25) is 0 Å². The Balaban J connectivity index is 3.81. The van der Waals surface area contributed by atoms with Gasteiger partial charge >= 0.3 is 0 Å². The molecule has 0 heterocycles. The minimum Gasteiger partial charge on any atom is -0.328 e. The lowest BCUT2D eigenvalue weighted by Gasteiger charge is -2.26. The van der Waals surface area contributed by atoms with Crippen molar-refractivity contribution < 1.29 is 0 Å². The topological polar surface area (TPSA) is 26.0 Å². The largest absolute Gasteiger partial charge is 0.328 e. The summed E-state index contributed by atoms with van der Waals surface area (Å²) >= 11 is 0. The van der Waals surface area contributed by atoms with Crippen molar-refractivity contribution in [3.05, 3.63) is 0 Å². The number of hydrogen-bond acceptors (Lipinski definition) is 1. The van der Waals surface area contributed by atoms with E-state index >= 15 is 0 Å². The van der Waals surface area contributed by atoms with E-state index in [0.717, 1.165) is 11.8 Å². The van der Waals surface area contributed by atoms with Gasteiger partial charge in [0.05, 0.1) is 0 Å². The molecule has 0 aliphatic rings. The Labute approximate surface area is 96.8 Å². The number of rotatable bonds is 6. The maximum atomic E-state index is 6.17. The molecule has 0 radical (unpaired) electrons. The molecule has 0 aliphatic carbocycles. The first-order valence-corrected chi connectivity index (χ1v) is 6.50. The van der Waals surface area contributed by atoms with Crippen molar-refractivity contribution in [1.82, 2.24) is 0 Å². The van der Waals surface area contributed by atoms with Crippen molar-refractivity contribution in [2.24, 2.45) is 23.0 Å². The zero-order valence-corrected chi connectivity index (χ0v) is 11.6. The standard InChI is InChI=1S/C14H31N/c1-7-11(2)8-13(15)9-12(3)10-14(4,5)6/h11-13H,7-10,15H2,1-6H3. The van der Waals surface area contributed by atoms with Crippen molar-refractivity contribution in [1.29, 1.82) is 0 Å². The summed E-state index contributed by atoms with van der Waals surface area (Å²) in [5.41, 5.74) is 6.61. The van der Waals surface area contributed by atoms with E-state index in [2.05, 4.69) is 41.5 Å². The van der Waals surface area contributed by atoms with Gasteiger partial charge in [0.1, 0.15) is 0 Å². The van der Waals surface area contributed by atoms with E-state index in [-0.39, 0.29) is 0 Å². The number of hydrogen-bond donors (Lipinski definition) is 1. The van der Waals surface area contributed by atoms with E-state index in [4.69, 9.17) is 5.73 Å². The third-order valence-corrected chi connectivity index (χ3v) is 3.07. The third kappa shape index (κ3) is 8.92. The third-order valence-electron chi connectivity index (χ3n) is 3.07. The quantitative estimate of drug-likeness (QED) is 0.702.